The molecule has 24 heavy (non-hydrogen) atoms. The van der Waals surface area contributed by atoms with Crippen molar-refractivity contribution in [1.82, 2.24) is 29.5 Å². The van der Waals surface area contributed by atoms with Crippen LogP contribution >= 0.6 is 0 Å². The van der Waals surface area contributed by atoms with Crippen molar-refractivity contribution in [3.63, 3.8) is 0 Å². The number of hydrazine groups is 1. The highest BCUT2D eigenvalue weighted by Gasteiger charge is 2.36. The lowest BCUT2D eigenvalue weighted by Gasteiger charge is -2.28. The molecule has 130 valence electrons. The van der Waals surface area contributed by atoms with Gasteiger partial charge in [0.15, 0.2) is 11.3 Å². The Kier molecular flexibility index (Phi) is 4.06. The highest BCUT2D eigenvalue weighted by Crippen LogP contribution is 2.24. The summed E-state index contributed by atoms with van der Waals surface area (Å²) in [4.78, 5) is 32.9. The topological polar surface area (TPSA) is 114 Å². The van der Waals surface area contributed by atoms with Crippen molar-refractivity contribution in [3.05, 3.63) is 38.9 Å². The Morgan fingerprint density at radius 3 is 2.46 bits per heavy atom. The van der Waals surface area contributed by atoms with Crippen LogP contribution in [0.2, 0.25) is 0 Å². The largest absolute Gasteiger partial charge is 0.333 e. The summed E-state index contributed by atoms with van der Waals surface area (Å²) >= 11 is 0. The average molecular weight is 333 g/mol. The lowest BCUT2D eigenvalue weighted by atomic mass is 10.2. The summed E-state index contributed by atoms with van der Waals surface area (Å²) in [7, 11) is 1.78. The van der Waals surface area contributed by atoms with E-state index in [-0.39, 0.29) is 11.2 Å². The maximum Gasteiger partial charge on any atom is 0.332 e. The van der Waals surface area contributed by atoms with E-state index in [0.717, 1.165) is 6.42 Å². The minimum atomic E-state index is -1.01. The highest BCUT2D eigenvalue weighted by molar-refractivity contribution is 5.70. The summed E-state index contributed by atoms with van der Waals surface area (Å²) in [5.74, 6) is 0.414. The molecule has 3 heterocycles. The summed E-state index contributed by atoms with van der Waals surface area (Å²) in [6.45, 7) is 4.77. The van der Waals surface area contributed by atoms with E-state index in [2.05, 4.69) is 15.4 Å². The zero-order valence-electron chi connectivity index (χ0n) is 14.2. The van der Waals surface area contributed by atoms with E-state index in [1.54, 1.807) is 28.9 Å². The van der Waals surface area contributed by atoms with Gasteiger partial charge in [-0.25, -0.2) is 9.78 Å². The molecule has 0 fully saturated rings. The first kappa shape index (κ1) is 16.5. The van der Waals surface area contributed by atoms with Gasteiger partial charge in [0.1, 0.15) is 11.3 Å². The molecule has 3 rings (SSSR count). The Labute approximate surface area is 138 Å². The molecule has 0 saturated carbocycles. The number of rotatable bonds is 5. The van der Waals surface area contributed by atoms with Crippen molar-refractivity contribution in [2.24, 2.45) is 5.73 Å². The lowest BCUT2D eigenvalue weighted by molar-refractivity contribution is 0.146. The van der Waals surface area contributed by atoms with Crippen LogP contribution < -0.4 is 22.4 Å². The Balaban J connectivity index is 2.30. The third-order valence-corrected chi connectivity index (χ3v) is 4.30. The number of hydrogen-bond acceptors (Lipinski definition) is 6. The van der Waals surface area contributed by atoms with E-state index in [9.17, 15) is 9.59 Å². The molecule has 0 spiro atoms. The van der Waals surface area contributed by atoms with Gasteiger partial charge in [-0.15, -0.1) is 0 Å². The molecule has 1 aliphatic rings. The Hall–Kier alpha value is -2.39. The molecule has 2 aromatic heterocycles. The van der Waals surface area contributed by atoms with Gasteiger partial charge in [-0.3, -0.25) is 13.9 Å². The van der Waals surface area contributed by atoms with Crippen LogP contribution in [0.5, 0.6) is 0 Å². The van der Waals surface area contributed by atoms with Gasteiger partial charge in [-0.1, -0.05) is 13.8 Å². The van der Waals surface area contributed by atoms with Crippen molar-refractivity contribution < 1.29 is 0 Å². The van der Waals surface area contributed by atoms with Crippen LogP contribution in [0, 0.1) is 0 Å². The van der Waals surface area contributed by atoms with Crippen LogP contribution in [-0.4, -0.2) is 31.2 Å². The molecule has 1 unspecified atom stereocenters. The van der Waals surface area contributed by atoms with Crippen LogP contribution in [0.15, 0.2) is 21.9 Å². The average Bonchev–Trinajstić information content (AvgIpc) is 3.14. The minimum absolute atomic E-state index is 0.310. The summed E-state index contributed by atoms with van der Waals surface area (Å²) in [5.41, 5.74) is 8.33. The van der Waals surface area contributed by atoms with Crippen molar-refractivity contribution in [1.29, 1.82) is 0 Å². The molecule has 0 aromatic carbocycles. The van der Waals surface area contributed by atoms with Crippen LogP contribution in [0.3, 0.4) is 0 Å². The molecular formula is C15H23N7O2. The van der Waals surface area contributed by atoms with E-state index >= 15 is 0 Å². The highest BCUT2D eigenvalue weighted by atomic mass is 16.2. The number of likely N-dealkylation sites (N-methyl/N-ethyl adjacent to an activating group) is 1. The summed E-state index contributed by atoms with van der Waals surface area (Å²) < 4.78 is 2.80. The summed E-state index contributed by atoms with van der Waals surface area (Å²) in [6.07, 6.45) is 4.92. The number of nitrogens with one attached hydrogen (secondary N) is 2. The third-order valence-electron chi connectivity index (χ3n) is 4.30. The molecule has 0 saturated heterocycles. The fourth-order valence-electron chi connectivity index (χ4n) is 2.93. The standard InChI is InChI=1S/C15H23N7O2/c1-4-8-21-11-10(12(23)22(9-5-2)14(21)24)18-13(19-11)15(16)6-7-17-20(15)3/h6-7,17H,4-5,8-9,16H2,1-3H3,(H,18,19). The van der Waals surface area contributed by atoms with Gasteiger partial charge in [0.25, 0.3) is 5.56 Å². The molecule has 9 nitrogen and oxygen atoms in total. The Morgan fingerprint density at radius 2 is 1.88 bits per heavy atom. The van der Waals surface area contributed by atoms with E-state index in [1.165, 1.54) is 4.57 Å². The number of hydrogen-bond donors (Lipinski definition) is 3. The predicted molar refractivity (Wildman–Crippen MR) is 91.1 cm³/mol. The number of nitrogens with zero attached hydrogens (tertiary/aromatic N) is 4. The van der Waals surface area contributed by atoms with Gasteiger partial charge in [-0.2, -0.15) is 5.01 Å². The molecule has 9 heteroatoms. The second kappa shape index (κ2) is 5.91. The number of aromatic amines is 1. The summed E-state index contributed by atoms with van der Waals surface area (Å²) in [6, 6.07) is 0. The number of nitrogens with two attached hydrogens (primary N) is 1. The molecule has 0 radical (unpaired) electrons. The molecule has 0 amide bonds. The van der Waals surface area contributed by atoms with Crippen molar-refractivity contribution in [2.45, 2.75) is 45.4 Å². The molecule has 4 N–H and O–H groups in total. The van der Waals surface area contributed by atoms with Crippen LogP contribution in [0.25, 0.3) is 11.2 Å². The number of aryl methyl sites for hydroxylation is 1. The van der Waals surface area contributed by atoms with Gasteiger partial charge >= 0.3 is 5.69 Å². The van der Waals surface area contributed by atoms with Crippen LogP contribution in [0.4, 0.5) is 0 Å². The smallest absolute Gasteiger partial charge is 0.332 e. The second-order valence-corrected chi connectivity index (χ2v) is 6.02. The Morgan fingerprint density at radius 1 is 1.21 bits per heavy atom. The first-order valence-electron chi connectivity index (χ1n) is 8.14. The number of H-pyrrole nitrogens is 1. The van der Waals surface area contributed by atoms with Crippen molar-refractivity contribution in [3.8, 4) is 0 Å². The van der Waals surface area contributed by atoms with Gasteiger partial charge in [0.05, 0.1) is 0 Å². The normalized spacial score (nSPS) is 20.8. The van der Waals surface area contributed by atoms with E-state index in [0.29, 0.717) is 36.5 Å². The Bertz CT molecular complexity index is 907. The quantitative estimate of drug-likeness (QED) is 0.697. The number of imidazole rings is 1. The fourth-order valence-corrected chi connectivity index (χ4v) is 2.93. The second-order valence-electron chi connectivity index (χ2n) is 6.02. The molecular weight excluding hydrogens is 310 g/mol. The molecule has 0 aliphatic carbocycles. The molecule has 0 bridgehead atoms. The van der Waals surface area contributed by atoms with Gasteiger partial charge in [0, 0.05) is 26.3 Å². The van der Waals surface area contributed by atoms with Crippen molar-refractivity contribution >= 4 is 11.2 Å². The SMILES string of the molecule is CCCn1c(=O)c2[nH]c(C3(N)C=CNN3C)nc2n(CCC)c1=O. The predicted octanol–water partition coefficient (Wildman–Crippen LogP) is -0.218. The first-order valence-corrected chi connectivity index (χ1v) is 8.14. The van der Waals surface area contributed by atoms with E-state index in [1.807, 2.05) is 13.8 Å². The first-order chi connectivity index (χ1) is 11.4. The summed E-state index contributed by atoms with van der Waals surface area (Å²) in [5, 5.41) is 1.68. The monoisotopic (exact) mass is 333 g/mol. The van der Waals surface area contributed by atoms with E-state index < -0.39 is 5.66 Å². The van der Waals surface area contributed by atoms with E-state index in [4.69, 9.17) is 5.73 Å². The maximum absolute atomic E-state index is 12.7. The number of aromatic nitrogens is 4. The molecule has 1 aliphatic heterocycles. The zero-order valence-corrected chi connectivity index (χ0v) is 14.2. The van der Waals surface area contributed by atoms with Gasteiger partial charge < -0.3 is 16.1 Å². The molecule has 1 atom stereocenters. The van der Waals surface area contributed by atoms with Crippen LogP contribution in [0.1, 0.15) is 32.5 Å². The lowest BCUT2D eigenvalue weighted by Crippen LogP contribution is -2.51. The zero-order chi connectivity index (χ0) is 17.5. The number of fused-ring (bicyclic) bond motifs is 1. The van der Waals surface area contributed by atoms with Crippen LogP contribution in [-0.2, 0) is 18.8 Å². The van der Waals surface area contributed by atoms with Gasteiger partial charge in [0.2, 0.25) is 0 Å². The van der Waals surface area contributed by atoms with Gasteiger partial charge in [-0.05, 0) is 18.9 Å². The van der Waals surface area contributed by atoms with Crippen molar-refractivity contribution in [2.75, 3.05) is 7.05 Å². The fraction of sp³-hybridized carbons (Fsp3) is 0.533. The third kappa shape index (κ3) is 2.28. The molecule has 2 aromatic rings. The maximum atomic E-state index is 12.7. The minimum Gasteiger partial charge on any atom is -0.333 e.